The molecule has 0 spiro atoms. The van der Waals surface area contributed by atoms with Crippen molar-refractivity contribution in [2.75, 3.05) is 20.6 Å². The van der Waals surface area contributed by atoms with Gasteiger partial charge in [0.05, 0.1) is 0 Å². The molecule has 2 amide bonds. The molecule has 1 N–H and O–H groups in total. The highest BCUT2D eigenvalue weighted by Gasteiger charge is 2.04. The summed E-state index contributed by atoms with van der Waals surface area (Å²) in [5.41, 5.74) is 1.14. The van der Waals surface area contributed by atoms with Gasteiger partial charge in [-0.15, -0.1) is 0 Å². The molecule has 1 aromatic heterocycles. The van der Waals surface area contributed by atoms with Gasteiger partial charge >= 0.3 is 6.03 Å². The van der Waals surface area contributed by atoms with Gasteiger partial charge in [0.25, 0.3) is 0 Å². The number of hydrogen-bond donors (Lipinski definition) is 1. The summed E-state index contributed by atoms with van der Waals surface area (Å²) in [6.45, 7) is 0.700. The van der Waals surface area contributed by atoms with Gasteiger partial charge in [0, 0.05) is 33.0 Å². The quantitative estimate of drug-likeness (QED) is 0.775. The average Bonchev–Trinajstić information content (AvgIpc) is 2.26. The number of pyridine rings is 1. The van der Waals surface area contributed by atoms with Crippen LogP contribution in [0.1, 0.15) is 5.56 Å². The number of carbonyl (C=O) groups is 1. The van der Waals surface area contributed by atoms with Gasteiger partial charge in [-0.2, -0.15) is 0 Å². The van der Waals surface area contributed by atoms with Crippen molar-refractivity contribution in [3.8, 4) is 0 Å². The zero-order valence-corrected chi connectivity index (χ0v) is 8.53. The van der Waals surface area contributed by atoms with Crippen LogP contribution in [0.25, 0.3) is 0 Å². The fourth-order valence-corrected chi connectivity index (χ4v) is 1.14. The molecule has 0 aliphatic heterocycles. The highest BCUT2D eigenvalue weighted by Crippen LogP contribution is 1.98. The van der Waals surface area contributed by atoms with Crippen molar-refractivity contribution in [1.29, 1.82) is 0 Å². The van der Waals surface area contributed by atoms with Gasteiger partial charge in [0.15, 0.2) is 0 Å². The third kappa shape index (κ3) is 3.05. The first-order valence-electron chi connectivity index (χ1n) is 4.56. The van der Waals surface area contributed by atoms with E-state index >= 15 is 0 Å². The second kappa shape index (κ2) is 5.21. The Labute approximate surface area is 83.9 Å². The van der Waals surface area contributed by atoms with E-state index in [1.807, 2.05) is 18.3 Å². The molecule has 0 atom stereocenters. The minimum absolute atomic E-state index is 0.0612. The van der Waals surface area contributed by atoms with E-state index in [2.05, 4.69) is 10.3 Å². The van der Waals surface area contributed by atoms with E-state index in [1.54, 1.807) is 25.2 Å². The Bertz CT molecular complexity index is 287. The average molecular weight is 193 g/mol. The number of urea groups is 1. The SMILES string of the molecule is CNC(=O)N(C)CCc1cccnc1. The van der Waals surface area contributed by atoms with E-state index in [0.717, 1.165) is 12.0 Å². The number of amides is 2. The highest BCUT2D eigenvalue weighted by atomic mass is 16.2. The lowest BCUT2D eigenvalue weighted by atomic mass is 10.2. The minimum atomic E-state index is -0.0612. The van der Waals surface area contributed by atoms with Crippen LogP contribution < -0.4 is 5.32 Å². The summed E-state index contributed by atoms with van der Waals surface area (Å²) in [5, 5.41) is 2.57. The molecular weight excluding hydrogens is 178 g/mol. The Morgan fingerprint density at radius 3 is 3.00 bits per heavy atom. The summed E-state index contributed by atoms with van der Waals surface area (Å²) in [6.07, 6.45) is 4.39. The summed E-state index contributed by atoms with van der Waals surface area (Å²) in [4.78, 5) is 16.8. The van der Waals surface area contributed by atoms with Crippen LogP contribution in [-0.2, 0) is 6.42 Å². The largest absolute Gasteiger partial charge is 0.341 e. The van der Waals surface area contributed by atoms with E-state index in [0.29, 0.717) is 6.54 Å². The standard InChI is InChI=1S/C10H15N3O/c1-11-10(14)13(2)7-5-9-4-3-6-12-8-9/h3-4,6,8H,5,7H2,1-2H3,(H,11,14). The van der Waals surface area contributed by atoms with E-state index in [1.165, 1.54) is 0 Å². The normalized spacial score (nSPS) is 9.57. The summed E-state index contributed by atoms with van der Waals surface area (Å²) >= 11 is 0. The van der Waals surface area contributed by atoms with Gasteiger partial charge in [0.2, 0.25) is 0 Å². The topological polar surface area (TPSA) is 45.2 Å². The number of nitrogens with zero attached hydrogens (tertiary/aromatic N) is 2. The summed E-state index contributed by atoms with van der Waals surface area (Å²) in [5.74, 6) is 0. The van der Waals surface area contributed by atoms with Crippen molar-refractivity contribution < 1.29 is 4.79 Å². The predicted octanol–water partition coefficient (Wildman–Crippen LogP) is 0.895. The maximum atomic E-state index is 11.1. The second-order valence-corrected chi connectivity index (χ2v) is 3.09. The molecule has 0 bridgehead atoms. The third-order valence-corrected chi connectivity index (χ3v) is 2.02. The Balaban J connectivity index is 2.38. The van der Waals surface area contributed by atoms with Crippen molar-refractivity contribution >= 4 is 6.03 Å². The molecule has 0 saturated heterocycles. The van der Waals surface area contributed by atoms with Crippen LogP contribution in [0.5, 0.6) is 0 Å². The van der Waals surface area contributed by atoms with Gasteiger partial charge in [-0.1, -0.05) is 6.07 Å². The zero-order valence-electron chi connectivity index (χ0n) is 8.53. The van der Waals surface area contributed by atoms with E-state index < -0.39 is 0 Å². The van der Waals surface area contributed by atoms with Crippen LogP contribution in [0.2, 0.25) is 0 Å². The Kier molecular flexibility index (Phi) is 3.91. The fraction of sp³-hybridized carbons (Fsp3) is 0.400. The number of rotatable bonds is 3. The molecule has 4 nitrogen and oxygen atoms in total. The lowest BCUT2D eigenvalue weighted by molar-refractivity contribution is 0.211. The van der Waals surface area contributed by atoms with E-state index in [-0.39, 0.29) is 6.03 Å². The third-order valence-electron chi connectivity index (χ3n) is 2.02. The van der Waals surface area contributed by atoms with Crippen molar-refractivity contribution in [2.24, 2.45) is 0 Å². The summed E-state index contributed by atoms with van der Waals surface area (Å²) in [6, 6.07) is 3.84. The van der Waals surface area contributed by atoms with Crippen LogP contribution in [0.15, 0.2) is 24.5 Å². The number of carbonyl (C=O) groups excluding carboxylic acids is 1. The maximum Gasteiger partial charge on any atom is 0.316 e. The molecule has 0 aliphatic rings. The molecule has 76 valence electrons. The van der Waals surface area contributed by atoms with Gasteiger partial charge in [-0.3, -0.25) is 4.98 Å². The fourth-order valence-electron chi connectivity index (χ4n) is 1.14. The number of nitrogens with one attached hydrogen (secondary N) is 1. The van der Waals surface area contributed by atoms with Gasteiger partial charge in [-0.05, 0) is 18.1 Å². The molecule has 1 aromatic rings. The molecule has 0 fully saturated rings. The number of likely N-dealkylation sites (N-methyl/N-ethyl adjacent to an activating group) is 1. The lowest BCUT2D eigenvalue weighted by Gasteiger charge is -2.15. The van der Waals surface area contributed by atoms with Crippen LogP contribution in [0, 0.1) is 0 Å². The molecule has 0 aromatic carbocycles. The molecular formula is C10H15N3O. The smallest absolute Gasteiger partial charge is 0.316 e. The van der Waals surface area contributed by atoms with Crippen molar-refractivity contribution in [1.82, 2.24) is 15.2 Å². The zero-order chi connectivity index (χ0) is 10.4. The Morgan fingerprint density at radius 2 is 2.43 bits per heavy atom. The first kappa shape index (κ1) is 10.5. The predicted molar refractivity (Wildman–Crippen MR) is 55.0 cm³/mol. The number of hydrogen-bond acceptors (Lipinski definition) is 2. The molecule has 0 radical (unpaired) electrons. The molecule has 0 saturated carbocycles. The van der Waals surface area contributed by atoms with Crippen LogP contribution in [-0.4, -0.2) is 36.6 Å². The second-order valence-electron chi connectivity index (χ2n) is 3.09. The first-order chi connectivity index (χ1) is 6.74. The minimum Gasteiger partial charge on any atom is -0.341 e. The molecule has 1 heterocycles. The molecule has 0 aliphatic carbocycles. The van der Waals surface area contributed by atoms with Gasteiger partial charge < -0.3 is 10.2 Å². The van der Waals surface area contributed by atoms with Gasteiger partial charge in [0.1, 0.15) is 0 Å². The highest BCUT2D eigenvalue weighted by molar-refractivity contribution is 5.73. The monoisotopic (exact) mass is 193 g/mol. The molecule has 4 heteroatoms. The first-order valence-corrected chi connectivity index (χ1v) is 4.56. The Hall–Kier alpha value is -1.58. The molecule has 0 unspecified atom stereocenters. The number of aromatic nitrogens is 1. The van der Waals surface area contributed by atoms with Crippen molar-refractivity contribution in [3.05, 3.63) is 30.1 Å². The van der Waals surface area contributed by atoms with Crippen LogP contribution in [0.4, 0.5) is 4.79 Å². The van der Waals surface area contributed by atoms with E-state index in [4.69, 9.17) is 0 Å². The Morgan fingerprint density at radius 1 is 1.64 bits per heavy atom. The lowest BCUT2D eigenvalue weighted by Crippen LogP contribution is -2.36. The van der Waals surface area contributed by atoms with Gasteiger partial charge in [-0.25, -0.2) is 4.79 Å². The summed E-state index contributed by atoms with van der Waals surface area (Å²) in [7, 11) is 3.40. The molecule has 1 rings (SSSR count). The van der Waals surface area contributed by atoms with Crippen molar-refractivity contribution in [2.45, 2.75) is 6.42 Å². The summed E-state index contributed by atoms with van der Waals surface area (Å²) < 4.78 is 0. The van der Waals surface area contributed by atoms with E-state index in [9.17, 15) is 4.79 Å². The molecule has 14 heavy (non-hydrogen) atoms. The maximum absolute atomic E-state index is 11.1. The van der Waals surface area contributed by atoms with Crippen LogP contribution in [0.3, 0.4) is 0 Å². The van der Waals surface area contributed by atoms with Crippen molar-refractivity contribution in [3.63, 3.8) is 0 Å². The van der Waals surface area contributed by atoms with Crippen LogP contribution >= 0.6 is 0 Å².